The Balaban J connectivity index is 1.88. The van der Waals surface area contributed by atoms with Crippen molar-refractivity contribution in [3.05, 3.63) is 65.9 Å². The van der Waals surface area contributed by atoms with E-state index in [-0.39, 0.29) is 0 Å². The van der Waals surface area contributed by atoms with Crippen LogP contribution in [0.4, 0.5) is 0 Å². The molecule has 1 aliphatic carbocycles. The van der Waals surface area contributed by atoms with Gasteiger partial charge in [0.05, 0.1) is 5.52 Å². The summed E-state index contributed by atoms with van der Waals surface area (Å²) < 4.78 is 0. The van der Waals surface area contributed by atoms with Gasteiger partial charge in [0.15, 0.2) is 0 Å². The van der Waals surface area contributed by atoms with Crippen LogP contribution in [0.3, 0.4) is 0 Å². The van der Waals surface area contributed by atoms with Crippen molar-refractivity contribution in [2.75, 3.05) is 7.05 Å². The van der Waals surface area contributed by atoms with Gasteiger partial charge in [0, 0.05) is 17.6 Å². The molecule has 0 saturated carbocycles. The smallest absolute Gasteiger partial charge is 0.0702 e. The normalized spacial score (nSPS) is 17.1. The van der Waals surface area contributed by atoms with Crippen LogP contribution in [0.5, 0.6) is 0 Å². The molecule has 1 aliphatic rings. The topological polar surface area (TPSA) is 24.9 Å². The SMILES string of the molecule is CNC1CCc2c(-c3ccc4ncccc4c3)cccc21. The van der Waals surface area contributed by atoms with E-state index >= 15 is 0 Å². The maximum absolute atomic E-state index is 4.40. The number of hydrogen-bond donors (Lipinski definition) is 1. The lowest BCUT2D eigenvalue weighted by molar-refractivity contribution is 0.590. The highest BCUT2D eigenvalue weighted by atomic mass is 14.9. The average Bonchev–Trinajstić information content (AvgIpc) is 2.97. The molecule has 2 aromatic carbocycles. The van der Waals surface area contributed by atoms with E-state index in [1.54, 1.807) is 0 Å². The van der Waals surface area contributed by atoms with E-state index in [0.29, 0.717) is 6.04 Å². The Kier molecular flexibility index (Phi) is 2.97. The zero-order chi connectivity index (χ0) is 14.2. The predicted molar refractivity (Wildman–Crippen MR) is 87.3 cm³/mol. The summed E-state index contributed by atoms with van der Waals surface area (Å²) in [6.45, 7) is 0. The van der Waals surface area contributed by atoms with Gasteiger partial charge in [-0.15, -0.1) is 0 Å². The first-order valence-corrected chi connectivity index (χ1v) is 7.51. The van der Waals surface area contributed by atoms with Crippen molar-refractivity contribution >= 4 is 10.9 Å². The number of pyridine rings is 1. The second kappa shape index (κ2) is 4.97. The summed E-state index contributed by atoms with van der Waals surface area (Å²) >= 11 is 0. The molecular formula is C19H18N2. The van der Waals surface area contributed by atoms with Gasteiger partial charge in [-0.2, -0.15) is 0 Å². The molecule has 0 spiro atoms. The summed E-state index contributed by atoms with van der Waals surface area (Å²) in [5.74, 6) is 0. The van der Waals surface area contributed by atoms with Gasteiger partial charge in [-0.05, 0) is 60.3 Å². The summed E-state index contributed by atoms with van der Waals surface area (Å²) in [4.78, 5) is 4.40. The monoisotopic (exact) mass is 274 g/mol. The first-order chi connectivity index (χ1) is 10.4. The van der Waals surface area contributed by atoms with Crippen LogP contribution in [0, 0.1) is 0 Å². The van der Waals surface area contributed by atoms with E-state index in [0.717, 1.165) is 11.9 Å². The zero-order valence-corrected chi connectivity index (χ0v) is 12.1. The molecule has 104 valence electrons. The quantitative estimate of drug-likeness (QED) is 0.760. The fourth-order valence-corrected chi connectivity index (χ4v) is 3.47. The number of benzene rings is 2. The van der Waals surface area contributed by atoms with E-state index in [2.05, 4.69) is 52.8 Å². The average molecular weight is 274 g/mol. The van der Waals surface area contributed by atoms with Gasteiger partial charge in [-0.3, -0.25) is 4.98 Å². The van der Waals surface area contributed by atoms with Crippen LogP contribution in [0.1, 0.15) is 23.6 Å². The fourth-order valence-electron chi connectivity index (χ4n) is 3.47. The van der Waals surface area contributed by atoms with Crippen LogP contribution in [-0.2, 0) is 6.42 Å². The second-order valence-corrected chi connectivity index (χ2v) is 5.66. The maximum atomic E-state index is 4.40. The molecule has 0 radical (unpaired) electrons. The lowest BCUT2D eigenvalue weighted by atomic mass is 9.95. The highest BCUT2D eigenvalue weighted by molar-refractivity contribution is 5.85. The number of nitrogens with one attached hydrogen (secondary N) is 1. The molecule has 1 heterocycles. The molecule has 0 bridgehead atoms. The molecule has 21 heavy (non-hydrogen) atoms. The number of fused-ring (bicyclic) bond motifs is 2. The Morgan fingerprint density at radius 3 is 2.95 bits per heavy atom. The first-order valence-electron chi connectivity index (χ1n) is 7.51. The van der Waals surface area contributed by atoms with Crippen LogP contribution in [0.2, 0.25) is 0 Å². The largest absolute Gasteiger partial charge is 0.313 e. The third-order valence-corrected chi connectivity index (χ3v) is 4.53. The van der Waals surface area contributed by atoms with E-state index in [1.807, 2.05) is 19.3 Å². The minimum Gasteiger partial charge on any atom is -0.313 e. The second-order valence-electron chi connectivity index (χ2n) is 5.66. The van der Waals surface area contributed by atoms with Crippen molar-refractivity contribution in [2.24, 2.45) is 0 Å². The van der Waals surface area contributed by atoms with Crippen LogP contribution >= 0.6 is 0 Å². The minimum absolute atomic E-state index is 0.502. The third-order valence-electron chi connectivity index (χ3n) is 4.53. The fraction of sp³-hybridized carbons (Fsp3) is 0.211. The van der Waals surface area contributed by atoms with Crippen molar-refractivity contribution < 1.29 is 0 Å². The van der Waals surface area contributed by atoms with E-state index in [1.165, 1.54) is 34.1 Å². The lowest BCUT2D eigenvalue weighted by Crippen LogP contribution is -2.12. The van der Waals surface area contributed by atoms with Crippen LogP contribution in [0.25, 0.3) is 22.0 Å². The molecule has 2 heteroatoms. The Bertz CT molecular complexity index is 808. The molecule has 0 aliphatic heterocycles. The van der Waals surface area contributed by atoms with Crippen LogP contribution in [0.15, 0.2) is 54.7 Å². The minimum atomic E-state index is 0.502. The molecule has 3 aromatic rings. The summed E-state index contributed by atoms with van der Waals surface area (Å²) in [7, 11) is 2.05. The zero-order valence-electron chi connectivity index (χ0n) is 12.1. The van der Waals surface area contributed by atoms with Crippen LogP contribution in [-0.4, -0.2) is 12.0 Å². The molecule has 2 nitrogen and oxygen atoms in total. The van der Waals surface area contributed by atoms with Crippen molar-refractivity contribution in [1.29, 1.82) is 0 Å². The van der Waals surface area contributed by atoms with Gasteiger partial charge in [-0.25, -0.2) is 0 Å². The van der Waals surface area contributed by atoms with E-state index in [4.69, 9.17) is 0 Å². The van der Waals surface area contributed by atoms with Gasteiger partial charge in [0.2, 0.25) is 0 Å². The van der Waals surface area contributed by atoms with E-state index < -0.39 is 0 Å². The Morgan fingerprint density at radius 2 is 2.05 bits per heavy atom. The summed E-state index contributed by atoms with van der Waals surface area (Å²) in [6.07, 6.45) is 4.19. The highest BCUT2D eigenvalue weighted by Gasteiger charge is 2.23. The molecule has 4 rings (SSSR count). The molecule has 1 N–H and O–H groups in total. The van der Waals surface area contributed by atoms with Crippen molar-refractivity contribution in [3.63, 3.8) is 0 Å². The maximum Gasteiger partial charge on any atom is 0.0702 e. The standard InChI is InChI=1S/C19H18N2/c1-20-19-10-8-16-15(5-2-6-17(16)19)13-7-9-18-14(12-13)4-3-11-21-18/h2-7,9,11-12,19-20H,8,10H2,1H3. The number of hydrogen-bond acceptors (Lipinski definition) is 2. The molecule has 0 amide bonds. The third kappa shape index (κ3) is 2.03. The van der Waals surface area contributed by atoms with Crippen molar-refractivity contribution in [3.8, 4) is 11.1 Å². The molecule has 1 aromatic heterocycles. The van der Waals surface area contributed by atoms with Gasteiger partial charge in [0.25, 0.3) is 0 Å². The lowest BCUT2D eigenvalue weighted by Gasteiger charge is -2.12. The van der Waals surface area contributed by atoms with Gasteiger partial charge in [-0.1, -0.05) is 30.3 Å². The van der Waals surface area contributed by atoms with Gasteiger partial charge < -0.3 is 5.32 Å². The van der Waals surface area contributed by atoms with Crippen molar-refractivity contribution in [2.45, 2.75) is 18.9 Å². The Hall–Kier alpha value is -2.19. The molecular weight excluding hydrogens is 256 g/mol. The van der Waals surface area contributed by atoms with Gasteiger partial charge >= 0.3 is 0 Å². The number of rotatable bonds is 2. The summed E-state index contributed by atoms with van der Waals surface area (Å²) in [6, 6.07) is 17.9. The Labute approximate surface area is 124 Å². The first kappa shape index (κ1) is 12.5. The summed E-state index contributed by atoms with van der Waals surface area (Å²) in [5.41, 5.74) is 6.68. The molecule has 0 saturated heterocycles. The molecule has 0 fully saturated rings. The van der Waals surface area contributed by atoms with Crippen molar-refractivity contribution in [1.82, 2.24) is 10.3 Å². The molecule has 1 unspecified atom stereocenters. The van der Waals surface area contributed by atoms with Crippen LogP contribution < -0.4 is 5.32 Å². The molecule has 1 atom stereocenters. The number of nitrogens with zero attached hydrogens (tertiary/aromatic N) is 1. The Morgan fingerprint density at radius 1 is 1.10 bits per heavy atom. The number of aromatic nitrogens is 1. The highest BCUT2D eigenvalue weighted by Crippen LogP contribution is 2.38. The predicted octanol–water partition coefficient (Wildman–Crippen LogP) is 4.11. The summed E-state index contributed by atoms with van der Waals surface area (Å²) in [5, 5.41) is 4.62. The van der Waals surface area contributed by atoms with Gasteiger partial charge in [0.1, 0.15) is 0 Å². The van der Waals surface area contributed by atoms with E-state index in [9.17, 15) is 0 Å².